The highest BCUT2D eigenvalue weighted by Gasteiger charge is 2.21. The van der Waals surface area contributed by atoms with Crippen LogP contribution in [-0.2, 0) is 0 Å². The number of nitrogens with zero attached hydrogens (tertiary/aromatic N) is 2. The van der Waals surface area contributed by atoms with Crippen molar-refractivity contribution in [2.45, 2.75) is 0 Å². The number of benzene rings is 8. The molecular weight excluding hydrogens is 621 g/mol. The minimum Gasteiger partial charge on any atom is -0.456 e. The van der Waals surface area contributed by atoms with Gasteiger partial charge >= 0.3 is 0 Å². The van der Waals surface area contributed by atoms with Gasteiger partial charge in [0.05, 0.1) is 11.0 Å². The van der Waals surface area contributed by atoms with E-state index < -0.39 is 0 Å². The van der Waals surface area contributed by atoms with Crippen LogP contribution >= 0.6 is 0 Å². The SMILES string of the molecule is c1ccc(-c2ccccc2-c2cccc3c2c2ccc(N(c4ccccc4)c4ccc5oc6ccccc6c5c4)cc2n3-c2ccccc2)cc1. The molecule has 10 rings (SSSR count). The molecule has 0 N–H and O–H groups in total. The number of rotatable bonds is 6. The maximum absolute atomic E-state index is 6.22. The van der Waals surface area contributed by atoms with E-state index in [4.69, 9.17) is 4.42 Å². The van der Waals surface area contributed by atoms with Gasteiger partial charge in [0, 0.05) is 44.3 Å². The van der Waals surface area contributed by atoms with E-state index in [9.17, 15) is 0 Å². The zero-order chi connectivity index (χ0) is 33.7. The fraction of sp³-hybridized carbons (Fsp3) is 0. The number of furan rings is 1. The van der Waals surface area contributed by atoms with Crippen molar-refractivity contribution in [3.05, 3.63) is 194 Å². The fourth-order valence-electron chi connectivity index (χ4n) is 7.74. The molecule has 51 heavy (non-hydrogen) atoms. The quantitative estimate of drug-likeness (QED) is 0.178. The molecule has 0 bridgehead atoms. The standard InChI is InChI=1S/C48H32N2O/c1-4-15-33(16-5-1)38-21-10-11-22-39(38)41-24-14-25-44-48(41)42-29-27-37(32-45(42)50(44)35-19-8-3-9-20-35)49(34-17-6-2-7-18-34)36-28-30-47-43(31-36)40-23-12-13-26-46(40)51-47/h1-32H. The monoisotopic (exact) mass is 652 g/mol. The first kappa shape index (κ1) is 29.1. The van der Waals surface area contributed by atoms with Gasteiger partial charge in [0.2, 0.25) is 0 Å². The molecule has 2 aromatic heterocycles. The summed E-state index contributed by atoms with van der Waals surface area (Å²) >= 11 is 0. The molecule has 0 amide bonds. The van der Waals surface area contributed by atoms with Gasteiger partial charge in [-0.05, 0) is 89.0 Å². The van der Waals surface area contributed by atoms with Crippen LogP contribution in [0.1, 0.15) is 0 Å². The summed E-state index contributed by atoms with van der Waals surface area (Å²) in [5.74, 6) is 0. The number of para-hydroxylation sites is 3. The molecule has 0 aliphatic rings. The number of hydrogen-bond acceptors (Lipinski definition) is 2. The summed E-state index contributed by atoms with van der Waals surface area (Å²) < 4.78 is 8.63. The van der Waals surface area contributed by atoms with Gasteiger partial charge in [-0.1, -0.05) is 127 Å². The molecule has 0 saturated heterocycles. The van der Waals surface area contributed by atoms with Crippen LogP contribution in [0, 0.1) is 0 Å². The van der Waals surface area contributed by atoms with Crippen LogP contribution in [0.25, 0.3) is 71.7 Å². The van der Waals surface area contributed by atoms with Crippen LogP contribution in [0.5, 0.6) is 0 Å². The van der Waals surface area contributed by atoms with E-state index in [1.54, 1.807) is 0 Å². The second kappa shape index (κ2) is 11.9. The summed E-state index contributed by atoms with van der Waals surface area (Å²) in [6.45, 7) is 0. The Bertz CT molecular complexity index is 2850. The molecule has 0 unspecified atom stereocenters. The van der Waals surface area contributed by atoms with Crippen molar-refractivity contribution < 1.29 is 4.42 Å². The second-order valence-corrected chi connectivity index (χ2v) is 12.9. The highest BCUT2D eigenvalue weighted by molar-refractivity contribution is 6.17. The van der Waals surface area contributed by atoms with Crippen LogP contribution in [0.15, 0.2) is 199 Å². The van der Waals surface area contributed by atoms with E-state index in [0.29, 0.717) is 0 Å². The van der Waals surface area contributed by atoms with E-state index in [1.165, 1.54) is 38.5 Å². The third-order valence-electron chi connectivity index (χ3n) is 9.98. The van der Waals surface area contributed by atoms with Crippen molar-refractivity contribution in [1.29, 1.82) is 0 Å². The third-order valence-corrected chi connectivity index (χ3v) is 9.98. The Kier molecular flexibility index (Phi) is 6.81. The summed E-state index contributed by atoms with van der Waals surface area (Å²) in [6, 6.07) is 69.2. The zero-order valence-electron chi connectivity index (χ0n) is 27.8. The van der Waals surface area contributed by atoms with Gasteiger partial charge in [0.15, 0.2) is 0 Å². The minimum absolute atomic E-state index is 0.885. The minimum atomic E-state index is 0.885. The van der Waals surface area contributed by atoms with Gasteiger partial charge in [-0.15, -0.1) is 0 Å². The summed E-state index contributed by atoms with van der Waals surface area (Å²) in [6.07, 6.45) is 0. The zero-order valence-corrected chi connectivity index (χ0v) is 27.8. The Hall–Kier alpha value is -6.84. The number of hydrogen-bond donors (Lipinski definition) is 0. The molecule has 0 spiro atoms. The molecule has 240 valence electrons. The normalized spacial score (nSPS) is 11.5. The topological polar surface area (TPSA) is 21.3 Å². The van der Waals surface area contributed by atoms with Gasteiger partial charge in [-0.3, -0.25) is 0 Å². The molecule has 0 atom stereocenters. The van der Waals surface area contributed by atoms with Crippen LogP contribution in [0.2, 0.25) is 0 Å². The van der Waals surface area contributed by atoms with Gasteiger partial charge in [-0.2, -0.15) is 0 Å². The van der Waals surface area contributed by atoms with Crippen molar-refractivity contribution >= 4 is 60.8 Å². The Balaban J connectivity index is 1.24. The van der Waals surface area contributed by atoms with Crippen molar-refractivity contribution in [3.8, 4) is 27.9 Å². The Labute approximate surface area is 295 Å². The first-order valence-corrected chi connectivity index (χ1v) is 17.4. The summed E-state index contributed by atoms with van der Waals surface area (Å²) in [5.41, 5.74) is 13.3. The molecule has 0 aliphatic carbocycles. The smallest absolute Gasteiger partial charge is 0.135 e. The lowest BCUT2D eigenvalue weighted by atomic mass is 9.92. The molecular formula is C48H32N2O. The molecule has 3 nitrogen and oxygen atoms in total. The van der Waals surface area contributed by atoms with Crippen molar-refractivity contribution in [2.75, 3.05) is 4.90 Å². The largest absolute Gasteiger partial charge is 0.456 e. The summed E-state index contributed by atoms with van der Waals surface area (Å²) in [4.78, 5) is 2.35. The molecule has 0 aliphatic heterocycles. The predicted octanol–water partition coefficient (Wildman–Crippen LogP) is 13.5. The molecule has 2 heterocycles. The van der Waals surface area contributed by atoms with Crippen LogP contribution in [0.3, 0.4) is 0 Å². The number of fused-ring (bicyclic) bond motifs is 6. The maximum atomic E-state index is 6.22. The molecule has 0 saturated carbocycles. The van der Waals surface area contributed by atoms with E-state index in [1.807, 2.05) is 12.1 Å². The molecule has 3 heteroatoms. The highest BCUT2D eigenvalue weighted by Crippen LogP contribution is 2.45. The molecule has 0 radical (unpaired) electrons. The number of anilines is 3. The lowest BCUT2D eigenvalue weighted by Crippen LogP contribution is -2.10. The Morgan fingerprint density at radius 2 is 1.00 bits per heavy atom. The van der Waals surface area contributed by atoms with Gasteiger partial charge < -0.3 is 13.9 Å². The summed E-state index contributed by atoms with van der Waals surface area (Å²) in [5, 5.41) is 4.67. The van der Waals surface area contributed by atoms with Gasteiger partial charge in [0.1, 0.15) is 11.2 Å². The average molecular weight is 653 g/mol. The maximum Gasteiger partial charge on any atom is 0.135 e. The van der Waals surface area contributed by atoms with Crippen molar-refractivity contribution in [2.24, 2.45) is 0 Å². The summed E-state index contributed by atoms with van der Waals surface area (Å²) in [7, 11) is 0. The lowest BCUT2D eigenvalue weighted by Gasteiger charge is -2.26. The van der Waals surface area contributed by atoms with Crippen LogP contribution in [-0.4, -0.2) is 4.57 Å². The van der Waals surface area contributed by atoms with Crippen LogP contribution < -0.4 is 4.90 Å². The average Bonchev–Trinajstić information content (AvgIpc) is 3.74. The van der Waals surface area contributed by atoms with Gasteiger partial charge in [-0.25, -0.2) is 0 Å². The Morgan fingerprint density at radius 1 is 0.373 bits per heavy atom. The van der Waals surface area contributed by atoms with E-state index in [-0.39, 0.29) is 0 Å². The van der Waals surface area contributed by atoms with Gasteiger partial charge in [0.25, 0.3) is 0 Å². The van der Waals surface area contributed by atoms with Crippen molar-refractivity contribution in [1.82, 2.24) is 4.57 Å². The lowest BCUT2D eigenvalue weighted by molar-refractivity contribution is 0.669. The van der Waals surface area contributed by atoms with E-state index >= 15 is 0 Å². The number of aromatic nitrogens is 1. The Morgan fingerprint density at radius 3 is 1.82 bits per heavy atom. The van der Waals surface area contributed by atoms with Crippen molar-refractivity contribution in [3.63, 3.8) is 0 Å². The molecule has 8 aromatic carbocycles. The van der Waals surface area contributed by atoms with E-state index in [2.05, 4.69) is 191 Å². The third kappa shape index (κ3) is 4.82. The van der Waals surface area contributed by atoms with Crippen LogP contribution in [0.4, 0.5) is 17.1 Å². The molecule has 0 fully saturated rings. The first-order valence-electron chi connectivity index (χ1n) is 17.4. The first-order chi connectivity index (χ1) is 25.3. The van der Waals surface area contributed by atoms with E-state index in [0.717, 1.165) is 50.2 Å². The predicted molar refractivity (Wildman–Crippen MR) is 214 cm³/mol. The fourth-order valence-corrected chi connectivity index (χ4v) is 7.74. The second-order valence-electron chi connectivity index (χ2n) is 12.9. The highest BCUT2D eigenvalue weighted by atomic mass is 16.3. The molecule has 10 aromatic rings.